The maximum absolute atomic E-state index is 12.6. The molecule has 0 fully saturated rings. The van der Waals surface area contributed by atoms with E-state index in [1.54, 1.807) is 24.3 Å². The van der Waals surface area contributed by atoms with Crippen LogP contribution < -0.4 is 16.0 Å². The minimum absolute atomic E-state index is 0. The second-order valence-corrected chi connectivity index (χ2v) is 6.52. The number of hydrogen-bond acceptors (Lipinski definition) is 3. The fourth-order valence-electron chi connectivity index (χ4n) is 2.45. The molecule has 2 amide bonds. The lowest BCUT2D eigenvalue weighted by atomic mass is 10.0. The van der Waals surface area contributed by atoms with Gasteiger partial charge in [0.15, 0.2) is 0 Å². The summed E-state index contributed by atoms with van der Waals surface area (Å²) in [5, 5.41) is 9.25. The first kappa shape index (κ1) is 23.0. The third-order valence-corrected chi connectivity index (χ3v) is 4.44. The smallest absolute Gasteiger partial charge is 0.253 e. The average molecular weight is 410 g/mol. The molecule has 0 aromatic heterocycles. The fraction of sp³-hybridized carbons (Fsp3) is 0.300. The summed E-state index contributed by atoms with van der Waals surface area (Å²) < 4.78 is 0. The van der Waals surface area contributed by atoms with E-state index in [9.17, 15) is 9.59 Å². The Kier molecular flexibility index (Phi) is 9.86. The van der Waals surface area contributed by atoms with E-state index >= 15 is 0 Å². The number of amides is 2. The van der Waals surface area contributed by atoms with E-state index in [1.807, 2.05) is 44.3 Å². The van der Waals surface area contributed by atoms with Gasteiger partial charge in [-0.3, -0.25) is 9.59 Å². The summed E-state index contributed by atoms with van der Waals surface area (Å²) in [6, 6.07) is 16.0. The molecular formula is C20H25Cl2N3O2. The summed E-state index contributed by atoms with van der Waals surface area (Å²) in [4.78, 5) is 24.9. The van der Waals surface area contributed by atoms with Crippen LogP contribution in [0.25, 0.3) is 0 Å². The van der Waals surface area contributed by atoms with Crippen LogP contribution in [0.2, 0.25) is 5.02 Å². The quantitative estimate of drug-likeness (QED) is 0.625. The van der Waals surface area contributed by atoms with Gasteiger partial charge in [0.2, 0.25) is 5.91 Å². The normalized spacial score (nSPS) is 12.4. The summed E-state index contributed by atoms with van der Waals surface area (Å²) in [6.07, 6.45) is 0.149. The molecule has 0 heterocycles. The highest BCUT2D eigenvalue weighted by molar-refractivity contribution is 6.33. The topological polar surface area (TPSA) is 70.2 Å². The zero-order valence-electron chi connectivity index (χ0n) is 15.4. The summed E-state index contributed by atoms with van der Waals surface area (Å²) in [5.74, 6) is -0.429. The first-order valence-corrected chi connectivity index (χ1v) is 8.93. The minimum atomic E-state index is -0.440. The molecule has 146 valence electrons. The van der Waals surface area contributed by atoms with E-state index in [2.05, 4.69) is 16.0 Å². The maximum Gasteiger partial charge on any atom is 0.253 e. The molecule has 2 atom stereocenters. The van der Waals surface area contributed by atoms with Crippen molar-refractivity contribution in [1.29, 1.82) is 0 Å². The Morgan fingerprint density at radius 2 is 1.67 bits per heavy atom. The van der Waals surface area contributed by atoms with E-state index in [0.29, 0.717) is 17.1 Å². The van der Waals surface area contributed by atoms with Crippen LogP contribution >= 0.6 is 24.0 Å². The zero-order chi connectivity index (χ0) is 18.9. The molecule has 0 aliphatic carbocycles. The van der Waals surface area contributed by atoms with E-state index in [1.165, 1.54) is 0 Å². The Morgan fingerprint density at radius 3 is 2.30 bits per heavy atom. The van der Waals surface area contributed by atoms with Crippen LogP contribution in [0.15, 0.2) is 54.6 Å². The van der Waals surface area contributed by atoms with Crippen molar-refractivity contribution in [3.63, 3.8) is 0 Å². The van der Waals surface area contributed by atoms with Gasteiger partial charge in [-0.05, 0) is 31.7 Å². The molecule has 7 heteroatoms. The lowest BCUT2D eigenvalue weighted by molar-refractivity contribution is -0.121. The molecule has 27 heavy (non-hydrogen) atoms. The number of hydrogen-bond donors (Lipinski definition) is 3. The highest BCUT2D eigenvalue weighted by atomic mass is 35.5. The molecule has 0 bridgehead atoms. The summed E-state index contributed by atoms with van der Waals surface area (Å²) >= 11 is 6.11. The standard InChI is InChI=1S/C20H24ClN3O2.ClH/c1-14(22-2)13-23-19(25)12-18(15-8-4-3-5-9-15)24-20(26)16-10-6-7-11-17(16)21;/h3-11,14,18,22H,12-13H2,1-2H3,(H,23,25)(H,24,26);1H. The van der Waals surface area contributed by atoms with Gasteiger partial charge >= 0.3 is 0 Å². The third kappa shape index (κ3) is 7.21. The number of benzene rings is 2. The van der Waals surface area contributed by atoms with Gasteiger partial charge in [0.1, 0.15) is 0 Å². The Morgan fingerprint density at radius 1 is 1.04 bits per heavy atom. The summed E-state index contributed by atoms with van der Waals surface area (Å²) in [5.41, 5.74) is 1.25. The number of rotatable bonds is 8. The third-order valence-electron chi connectivity index (χ3n) is 4.11. The lowest BCUT2D eigenvalue weighted by Crippen LogP contribution is -2.39. The van der Waals surface area contributed by atoms with Gasteiger partial charge in [0.05, 0.1) is 23.0 Å². The minimum Gasteiger partial charge on any atom is -0.354 e. The van der Waals surface area contributed by atoms with E-state index in [0.717, 1.165) is 5.56 Å². The van der Waals surface area contributed by atoms with Crippen molar-refractivity contribution in [2.24, 2.45) is 0 Å². The predicted octanol–water partition coefficient (Wildman–Crippen LogP) is 3.35. The Bertz CT molecular complexity index is 741. The molecule has 0 aliphatic heterocycles. The molecule has 0 radical (unpaired) electrons. The molecule has 2 unspecified atom stereocenters. The van der Waals surface area contributed by atoms with Gasteiger partial charge < -0.3 is 16.0 Å². The second-order valence-electron chi connectivity index (χ2n) is 6.11. The van der Waals surface area contributed by atoms with Crippen LogP contribution in [-0.4, -0.2) is 31.4 Å². The Balaban J connectivity index is 0.00000364. The number of carbonyl (C=O) groups excluding carboxylic acids is 2. The first-order chi connectivity index (χ1) is 12.5. The van der Waals surface area contributed by atoms with Crippen molar-refractivity contribution >= 4 is 35.8 Å². The highest BCUT2D eigenvalue weighted by Gasteiger charge is 2.20. The maximum atomic E-state index is 12.6. The molecule has 0 saturated carbocycles. The fourth-order valence-corrected chi connectivity index (χ4v) is 2.67. The first-order valence-electron chi connectivity index (χ1n) is 8.55. The molecule has 5 nitrogen and oxygen atoms in total. The lowest BCUT2D eigenvalue weighted by Gasteiger charge is -2.20. The van der Waals surface area contributed by atoms with Crippen molar-refractivity contribution in [3.8, 4) is 0 Å². The van der Waals surface area contributed by atoms with Crippen LogP contribution in [0, 0.1) is 0 Å². The Labute approximate surface area is 171 Å². The van der Waals surface area contributed by atoms with Crippen molar-refractivity contribution in [3.05, 3.63) is 70.7 Å². The van der Waals surface area contributed by atoms with Gasteiger partial charge in [0.25, 0.3) is 5.91 Å². The second kappa shape index (κ2) is 11.6. The van der Waals surface area contributed by atoms with Gasteiger partial charge in [-0.25, -0.2) is 0 Å². The van der Waals surface area contributed by atoms with Crippen molar-refractivity contribution in [1.82, 2.24) is 16.0 Å². The van der Waals surface area contributed by atoms with Crippen molar-refractivity contribution in [2.45, 2.75) is 25.4 Å². The molecule has 0 saturated heterocycles. The molecule has 2 rings (SSSR count). The molecule has 0 aliphatic rings. The van der Waals surface area contributed by atoms with E-state index in [4.69, 9.17) is 11.6 Å². The number of carbonyl (C=O) groups is 2. The number of nitrogens with one attached hydrogen (secondary N) is 3. The van der Waals surface area contributed by atoms with Crippen LogP contribution in [0.4, 0.5) is 0 Å². The van der Waals surface area contributed by atoms with Crippen LogP contribution in [0.5, 0.6) is 0 Å². The van der Waals surface area contributed by atoms with Gasteiger partial charge in [-0.15, -0.1) is 12.4 Å². The Hall–Kier alpha value is -2.08. The molecule has 3 N–H and O–H groups in total. The predicted molar refractivity (Wildman–Crippen MR) is 111 cm³/mol. The molecular weight excluding hydrogens is 385 g/mol. The largest absolute Gasteiger partial charge is 0.354 e. The van der Waals surface area contributed by atoms with E-state index in [-0.39, 0.29) is 36.7 Å². The van der Waals surface area contributed by atoms with Gasteiger partial charge in [-0.2, -0.15) is 0 Å². The highest BCUT2D eigenvalue weighted by Crippen LogP contribution is 2.20. The van der Waals surface area contributed by atoms with Crippen molar-refractivity contribution < 1.29 is 9.59 Å². The number of likely N-dealkylation sites (N-methyl/N-ethyl adjacent to an activating group) is 1. The van der Waals surface area contributed by atoms with Gasteiger partial charge in [-0.1, -0.05) is 54.1 Å². The SMILES string of the molecule is CNC(C)CNC(=O)CC(NC(=O)c1ccccc1Cl)c1ccccc1.Cl. The molecule has 2 aromatic carbocycles. The summed E-state index contributed by atoms with van der Waals surface area (Å²) in [7, 11) is 1.84. The van der Waals surface area contributed by atoms with Crippen LogP contribution in [0.1, 0.15) is 35.3 Å². The van der Waals surface area contributed by atoms with Gasteiger partial charge in [0, 0.05) is 12.6 Å². The monoisotopic (exact) mass is 409 g/mol. The van der Waals surface area contributed by atoms with Crippen LogP contribution in [-0.2, 0) is 4.79 Å². The van der Waals surface area contributed by atoms with Crippen molar-refractivity contribution in [2.75, 3.05) is 13.6 Å². The zero-order valence-corrected chi connectivity index (χ0v) is 16.9. The molecule has 0 spiro atoms. The number of halogens is 2. The summed E-state index contributed by atoms with van der Waals surface area (Å²) in [6.45, 7) is 2.50. The molecule has 2 aromatic rings. The van der Waals surface area contributed by atoms with E-state index < -0.39 is 6.04 Å². The van der Waals surface area contributed by atoms with Crippen LogP contribution in [0.3, 0.4) is 0 Å². The average Bonchev–Trinajstić information content (AvgIpc) is 2.66.